The van der Waals surface area contributed by atoms with E-state index in [1.807, 2.05) is 24.3 Å². The summed E-state index contributed by atoms with van der Waals surface area (Å²) < 4.78 is 1.05. The van der Waals surface area contributed by atoms with Gasteiger partial charge in [-0.05, 0) is 54.2 Å². The lowest BCUT2D eigenvalue weighted by atomic mass is 10.0. The Bertz CT molecular complexity index is 656. The Morgan fingerprint density at radius 2 is 1.86 bits per heavy atom. The van der Waals surface area contributed by atoms with Crippen LogP contribution >= 0.6 is 15.9 Å². The van der Waals surface area contributed by atoms with Gasteiger partial charge in [0.1, 0.15) is 0 Å². The van der Waals surface area contributed by atoms with E-state index >= 15 is 0 Å². The first-order valence-electron chi connectivity index (χ1n) is 7.33. The molecule has 0 unspecified atom stereocenters. The molecule has 0 heterocycles. The van der Waals surface area contributed by atoms with Crippen LogP contribution in [0.2, 0.25) is 0 Å². The molecule has 0 saturated heterocycles. The number of aryl methyl sites for hydroxylation is 1. The molecule has 0 aliphatic heterocycles. The first-order chi connectivity index (χ1) is 10.2. The van der Waals surface area contributed by atoms with Gasteiger partial charge >= 0.3 is 0 Å². The van der Waals surface area contributed by atoms with Crippen LogP contribution in [0.25, 0.3) is 0 Å². The van der Waals surface area contributed by atoms with E-state index in [2.05, 4.69) is 46.4 Å². The average Bonchev–Trinajstić information content (AvgIpc) is 2.93. The zero-order valence-corrected chi connectivity index (χ0v) is 13.6. The maximum Gasteiger partial charge on any atom is 0.228 e. The number of rotatable bonds is 3. The van der Waals surface area contributed by atoms with Gasteiger partial charge in [-0.1, -0.05) is 47.1 Å². The summed E-state index contributed by atoms with van der Waals surface area (Å²) in [7, 11) is 0. The highest BCUT2D eigenvalue weighted by Gasteiger charge is 2.27. The van der Waals surface area contributed by atoms with Gasteiger partial charge in [-0.25, -0.2) is 0 Å². The van der Waals surface area contributed by atoms with Crippen LogP contribution in [-0.4, -0.2) is 5.91 Å². The van der Waals surface area contributed by atoms with Gasteiger partial charge < -0.3 is 5.32 Å². The van der Waals surface area contributed by atoms with Crippen molar-refractivity contribution in [2.75, 3.05) is 5.32 Å². The fraction of sp³-hybridized carbons (Fsp3) is 0.278. The fourth-order valence-corrected chi connectivity index (χ4v) is 3.36. The molecule has 3 heteroatoms. The maximum absolute atomic E-state index is 12.5. The van der Waals surface area contributed by atoms with E-state index in [0.29, 0.717) is 0 Å². The zero-order chi connectivity index (χ0) is 14.8. The minimum absolute atomic E-state index is 0.0516. The molecule has 2 nitrogen and oxygen atoms in total. The number of hydrogen-bond acceptors (Lipinski definition) is 1. The molecule has 0 bridgehead atoms. The molecule has 3 rings (SSSR count). The third-order valence-electron chi connectivity index (χ3n) is 4.13. The van der Waals surface area contributed by atoms with Crippen LogP contribution < -0.4 is 5.32 Å². The van der Waals surface area contributed by atoms with Crippen LogP contribution in [0.4, 0.5) is 5.69 Å². The van der Waals surface area contributed by atoms with E-state index in [9.17, 15) is 4.79 Å². The van der Waals surface area contributed by atoms with Gasteiger partial charge in [0.15, 0.2) is 0 Å². The number of anilines is 1. The highest BCUT2D eigenvalue weighted by molar-refractivity contribution is 9.10. The number of carbonyl (C=O) groups is 1. The average molecular weight is 344 g/mol. The third kappa shape index (κ3) is 3.03. The van der Waals surface area contributed by atoms with E-state index in [4.69, 9.17) is 0 Å². The summed E-state index contributed by atoms with van der Waals surface area (Å²) in [6, 6.07) is 14.4. The molecule has 0 atom stereocenters. The van der Waals surface area contributed by atoms with Gasteiger partial charge in [0.25, 0.3) is 0 Å². The molecular weight excluding hydrogens is 326 g/mol. The Labute approximate surface area is 133 Å². The molecule has 1 aliphatic carbocycles. The number of amides is 1. The minimum Gasteiger partial charge on any atom is -0.326 e. The Morgan fingerprint density at radius 1 is 1.19 bits per heavy atom. The fourth-order valence-electron chi connectivity index (χ4n) is 2.96. The van der Waals surface area contributed by atoms with Crippen molar-refractivity contribution in [3.05, 3.63) is 63.6 Å². The Balaban J connectivity index is 1.74. The summed E-state index contributed by atoms with van der Waals surface area (Å²) in [5, 5.41) is 3.11. The standard InChI is InChI=1S/C18H18BrNO/c1-2-12-11-16(19)7-8-17(12)20-18(21)15-9-13-5-3-4-6-14(13)10-15/h3-8,11,15H,2,9-10H2,1H3,(H,20,21). The smallest absolute Gasteiger partial charge is 0.228 e. The van der Waals surface area contributed by atoms with E-state index in [1.165, 1.54) is 11.1 Å². The summed E-state index contributed by atoms with van der Waals surface area (Å²) in [6.45, 7) is 2.10. The van der Waals surface area contributed by atoms with Gasteiger partial charge in [-0.15, -0.1) is 0 Å². The molecule has 0 fully saturated rings. The van der Waals surface area contributed by atoms with Crippen molar-refractivity contribution in [1.82, 2.24) is 0 Å². The number of fused-ring (bicyclic) bond motifs is 1. The Hall–Kier alpha value is -1.61. The van der Waals surface area contributed by atoms with Gasteiger partial charge in [0.05, 0.1) is 0 Å². The SMILES string of the molecule is CCc1cc(Br)ccc1NC(=O)C1Cc2ccccc2C1. The monoisotopic (exact) mass is 343 g/mol. The lowest BCUT2D eigenvalue weighted by Crippen LogP contribution is -2.23. The Kier molecular flexibility index (Phi) is 4.11. The summed E-state index contributed by atoms with van der Waals surface area (Å²) in [6.07, 6.45) is 2.60. The molecule has 108 valence electrons. The molecule has 0 radical (unpaired) electrons. The lowest BCUT2D eigenvalue weighted by molar-refractivity contribution is -0.119. The van der Waals surface area contributed by atoms with Crippen molar-refractivity contribution >= 4 is 27.5 Å². The van der Waals surface area contributed by atoms with Crippen LogP contribution in [0.3, 0.4) is 0 Å². The first kappa shape index (κ1) is 14.3. The molecule has 0 spiro atoms. The zero-order valence-electron chi connectivity index (χ0n) is 12.0. The van der Waals surface area contributed by atoms with E-state index < -0.39 is 0 Å². The number of benzene rings is 2. The second-order valence-corrected chi connectivity index (χ2v) is 6.43. The highest BCUT2D eigenvalue weighted by atomic mass is 79.9. The second kappa shape index (κ2) is 6.02. The van der Waals surface area contributed by atoms with Crippen LogP contribution in [0.1, 0.15) is 23.6 Å². The summed E-state index contributed by atoms with van der Waals surface area (Å²) >= 11 is 3.48. The van der Waals surface area contributed by atoms with E-state index in [0.717, 1.165) is 35.0 Å². The van der Waals surface area contributed by atoms with Crippen LogP contribution in [-0.2, 0) is 24.1 Å². The molecule has 0 saturated carbocycles. The van der Waals surface area contributed by atoms with Crippen molar-refractivity contribution in [3.8, 4) is 0 Å². The lowest BCUT2D eigenvalue weighted by Gasteiger charge is -2.13. The van der Waals surface area contributed by atoms with Crippen LogP contribution in [0.15, 0.2) is 46.9 Å². The summed E-state index contributed by atoms with van der Waals surface area (Å²) in [5.41, 5.74) is 4.71. The maximum atomic E-state index is 12.5. The Morgan fingerprint density at radius 3 is 2.48 bits per heavy atom. The molecule has 2 aromatic rings. The molecule has 2 aromatic carbocycles. The number of hydrogen-bond donors (Lipinski definition) is 1. The van der Waals surface area contributed by atoms with Gasteiger partial charge in [0.2, 0.25) is 5.91 Å². The highest BCUT2D eigenvalue weighted by Crippen LogP contribution is 2.28. The van der Waals surface area contributed by atoms with E-state index in [-0.39, 0.29) is 11.8 Å². The number of halogens is 1. The van der Waals surface area contributed by atoms with Gasteiger partial charge in [-0.3, -0.25) is 4.79 Å². The predicted molar refractivity (Wildman–Crippen MR) is 89.5 cm³/mol. The first-order valence-corrected chi connectivity index (χ1v) is 8.12. The quantitative estimate of drug-likeness (QED) is 0.880. The van der Waals surface area contributed by atoms with Crippen molar-refractivity contribution in [1.29, 1.82) is 0 Å². The van der Waals surface area contributed by atoms with Gasteiger partial charge in [0, 0.05) is 16.1 Å². The van der Waals surface area contributed by atoms with Crippen LogP contribution in [0.5, 0.6) is 0 Å². The third-order valence-corrected chi connectivity index (χ3v) is 4.62. The van der Waals surface area contributed by atoms with E-state index in [1.54, 1.807) is 0 Å². The summed E-state index contributed by atoms with van der Waals surface area (Å²) in [4.78, 5) is 12.5. The molecule has 0 aromatic heterocycles. The molecule has 1 amide bonds. The molecule has 21 heavy (non-hydrogen) atoms. The van der Waals surface area contributed by atoms with Crippen molar-refractivity contribution in [2.45, 2.75) is 26.2 Å². The van der Waals surface area contributed by atoms with Crippen molar-refractivity contribution in [2.24, 2.45) is 5.92 Å². The predicted octanol–water partition coefficient (Wildman–Crippen LogP) is 4.37. The second-order valence-electron chi connectivity index (χ2n) is 5.52. The largest absolute Gasteiger partial charge is 0.326 e. The minimum atomic E-state index is 0.0516. The van der Waals surface area contributed by atoms with Crippen molar-refractivity contribution < 1.29 is 4.79 Å². The van der Waals surface area contributed by atoms with Crippen molar-refractivity contribution in [3.63, 3.8) is 0 Å². The summed E-state index contributed by atoms with van der Waals surface area (Å²) in [5.74, 6) is 0.180. The number of nitrogens with one attached hydrogen (secondary N) is 1. The molecular formula is C18H18BrNO. The topological polar surface area (TPSA) is 29.1 Å². The molecule has 1 aliphatic rings. The van der Waals surface area contributed by atoms with Gasteiger partial charge in [-0.2, -0.15) is 0 Å². The number of carbonyl (C=O) groups excluding carboxylic acids is 1. The normalized spacial score (nSPS) is 14.0. The van der Waals surface area contributed by atoms with Crippen LogP contribution in [0, 0.1) is 5.92 Å². The molecule has 1 N–H and O–H groups in total.